The zero-order valence-electron chi connectivity index (χ0n) is 10.7. The lowest BCUT2D eigenvalue weighted by molar-refractivity contribution is 0.279. The standard InChI is InChI=1S/C14H20BrNO2/c1-3-5-8-18-14-12(15)9-11(6-7-16)10-13(14)17-4-2/h3,9-10H,1,4-8,16H2,2H3. The molecule has 1 aromatic rings. The fraction of sp³-hybridized carbons (Fsp3) is 0.429. The SMILES string of the molecule is C=CCCOc1c(Br)cc(CCN)cc1OCC. The molecule has 1 rings (SSSR count). The van der Waals surface area contributed by atoms with Crippen LogP contribution in [0.15, 0.2) is 29.3 Å². The molecule has 4 heteroatoms. The van der Waals surface area contributed by atoms with Crippen molar-refractivity contribution in [3.63, 3.8) is 0 Å². The van der Waals surface area contributed by atoms with Gasteiger partial charge in [-0.05, 0) is 59.9 Å². The maximum Gasteiger partial charge on any atom is 0.175 e. The first-order valence-electron chi connectivity index (χ1n) is 6.11. The number of benzene rings is 1. The monoisotopic (exact) mass is 313 g/mol. The largest absolute Gasteiger partial charge is 0.490 e. The Labute approximate surface area is 117 Å². The highest BCUT2D eigenvalue weighted by molar-refractivity contribution is 9.10. The Bertz CT molecular complexity index is 394. The Morgan fingerprint density at radius 1 is 1.39 bits per heavy atom. The van der Waals surface area contributed by atoms with Crippen LogP contribution in [0.4, 0.5) is 0 Å². The predicted octanol–water partition coefficient (Wildman–Crippen LogP) is 3.30. The Hall–Kier alpha value is -1.00. The molecule has 0 radical (unpaired) electrons. The lowest BCUT2D eigenvalue weighted by Gasteiger charge is -2.15. The third-order valence-electron chi connectivity index (χ3n) is 2.37. The second-order valence-corrected chi connectivity index (χ2v) is 4.66. The quantitative estimate of drug-likeness (QED) is 0.591. The highest BCUT2D eigenvalue weighted by Gasteiger charge is 2.11. The van der Waals surface area contributed by atoms with Gasteiger partial charge < -0.3 is 15.2 Å². The van der Waals surface area contributed by atoms with E-state index in [0.29, 0.717) is 19.8 Å². The molecular formula is C14H20BrNO2. The van der Waals surface area contributed by atoms with E-state index in [9.17, 15) is 0 Å². The summed E-state index contributed by atoms with van der Waals surface area (Å²) in [5, 5.41) is 0. The lowest BCUT2D eigenvalue weighted by atomic mass is 10.1. The maximum absolute atomic E-state index is 5.72. The third-order valence-corrected chi connectivity index (χ3v) is 2.96. The first kappa shape index (κ1) is 15.1. The van der Waals surface area contributed by atoms with Crippen molar-refractivity contribution < 1.29 is 9.47 Å². The van der Waals surface area contributed by atoms with E-state index in [1.165, 1.54) is 0 Å². The Morgan fingerprint density at radius 3 is 2.78 bits per heavy atom. The number of ether oxygens (including phenoxy) is 2. The van der Waals surface area contributed by atoms with Crippen molar-refractivity contribution in [1.82, 2.24) is 0 Å². The van der Waals surface area contributed by atoms with Gasteiger partial charge in [-0.25, -0.2) is 0 Å². The molecule has 18 heavy (non-hydrogen) atoms. The average Bonchev–Trinajstić information content (AvgIpc) is 2.33. The minimum Gasteiger partial charge on any atom is -0.490 e. The van der Waals surface area contributed by atoms with E-state index < -0.39 is 0 Å². The van der Waals surface area contributed by atoms with E-state index in [1.54, 1.807) is 0 Å². The molecule has 0 saturated carbocycles. The van der Waals surface area contributed by atoms with Crippen molar-refractivity contribution in [2.45, 2.75) is 19.8 Å². The molecule has 1 aromatic carbocycles. The number of rotatable bonds is 8. The van der Waals surface area contributed by atoms with E-state index in [2.05, 4.69) is 22.5 Å². The van der Waals surface area contributed by atoms with Gasteiger partial charge in [-0.2, -0.15) is 0 Å². The van der Waals surface area contributed by atoms with Gasteiger partial charge in [-0.3, -0.25) is 0 Å². The molecule has 0 fully saturated rings. The van der Waals surface area contributed by atoms with Crippen LogP contribution in [0.2, 0.25) is 0 Å². The van der Waals surface area contributed by atoms with Crippen LogP contribution in [0, 0.1) is 0 Å². The highest BCUT2D eigenvalue weighted by Crippen LogP contribution is 2.37. The summed E-state index contributed by atoms with van der Waals surface area (Å²) < 4.78 is 12.2. The summed E-state index contributed by atoms with van der Waals surface area (Å²) >= 11 is 3.52. The molecule has 0 aliphatic heterocycles. The van der Waals surface area contributed by atoms with Gasteiger partial charge in [-0.1, -0.05) is 6.08 Å². The zero-order chi connectivity index (χ0) is 13.4. The predicted molar refractivity (Wildman–Crippen MR) is 78.4 cm³/mol. The molecule has 0 aliphatic rings. The first-order valence-corrected chi connectivity index (χ1v) is 6.91. The van der Waals surface area contributed by atoms with Crippen molar-refractivity contribution in [2.24, 2.45) is 5.73 Å². The van der Waals surface area contributed by atoms with Crippen LogP contribution in [0.1, 0.15) is 18.9 Å². The van der Waals surface area contributed by atoms with E-state index in [4.69, 9.17) is 15.2 Å². The van der Waals surface area contributed by atoms with Gasteiger partial charge in [0.15, 0.2) is 11.5 Å². The molecule has 0 aliphatic carbocycles. The number of hydrogen-bond acceptors (Lipinski definition) is 3. The summed E-state index contributed by atoms with van der Waals surface area (Å²) in [7, 11) is 0. The molecule has 3 nitrogen and oxygen atoms in total. The summed E-state index contributed by atoms with van der Waals surface area (Å²) in [6.07, 6.45) is 3.46. The first-order chi connectivity index (χ1) is 8.72. The number of nitrogens with two attached hydrogens (primary N) is 1. The minimum absolute atomic E-state index is 0.596. The fourth-order valence-corrected chi connectivity index (χ4v) is 2.18. The summed E-state index contributed by atoms with van der Waals surface area (Å²) in [6, 6.07) is 4.02. The van der Waals surface area contributed by atoms with E-state index in [0.717, 1.165) is 34.4 Å². The zero-order valence-corrected chi connectivity index (χ0v) is 12.3. The maximum atomic E-state index is 5.72. The van der Waals surface area contributed by atoms with Gasteiger partial charge in [0, 0.05) is 0 Å². The van der Waals surface area contributed by atoms with Gasteiger partial charge in [0.05, 0.1) is 17.7 Å². The van der Waals surface area contributed by atoms with Crippen LogP contribution in [0.3, 0.4) is 0 Å². The molecule has 0 atom stereocenters. The summed E-state index contributed by atoms with van der Waals surface area (Å²) in [6.45, 7) is 7.45. The van der Waals surface area contributed by atoms with Gasteiger partial charge in [0.2, 0.25) is 0 Å². The Balaban J connectivity index is 2.94. The summed E-state index contributed by atoms with van der Waals surface area (Å²) in [4.78, 5) is 0. The molecule has 100 valence electrons. The minimum atomic E-state index is 0.596. The van der Waals surface area contributed by atoms with Crippen molar-refractivity contribution in [2.75, 3.05) is 19.8 Å². The second kappa shape index (κ2) is 8.16. The molecule has 2 N–H and O–H groups in total. The van der Waals surface area contributed by atoms with Crippen LogP contribution in [-0.4, -0.2) is 19.8 Å². The average molecular weight is 314 g/mol. The molecule has 0 heterocycles. The molecule has 0 amide bonds. The van der Waals surface area contributed by atoms with Gasteiger partial charge in [0.25, 0.3) is 0 Å². The van der Waals surface area contributed by atoms with E-state index >= 15 is 0 Å². The Kier molecular flexibility index (Phi) is 6.83. The van der Waals surface area contributed by atoms with E-state index in [-0.39, 0.29) is 0 Å². The second-order valence-electron chi connectivity index (χ2n) is 3.80. The van der Waals surface area contributed by atoms with Crippen molar-refractivity contribution in [1.29, 1.82) is 0 Å². The molecule has 0 unspecified atom stereocenters. The molecular weight excluding hydrogens is 294 g/mol. The van der Waals surface area contributed by atoms with Gasteiger partial charge in [-0.15, -0.1) is 6.58 Å². The highest BCUT2D eigenvalue weighted by atomic mass is 79.9. The molecule has 0 saturated heterocycles. The van der Waals surface area contributed by atoms with Crippen LogP contribution in [-0.2, 0) is 6.42 Å². The van der Waals surface area contributed by atoms with E-state index in [1.807, 2.05) is 25.1 Å². The smallest absolute Gasteiger partial charge is 0.175 e. The molecule has 0 aromatic heterocycles. The molecule has 0 spiro atoms. The van der Waals surface area contributed by atoms with Crippen molar-refractivity contribution >= 4 is 15.9 Å². The topological polar surface area (TPSA) is 44.5 Å². The van der Waals surface area contributed by atoms with Crippen LogP contribution >= 0.6 is 15.9 Å². The van der Waals surface area contributed by atoms with Crippen LogP contribution < -0.4 is 15.2 Å². The normalized spacial score (nSPS) is 10.2. The van der Waals surface area contributed by atoms with Crippen molar-refractivity contribution in [3.05, 3.63) is 34.8 Å². The Morgan fingerprint density at radius 2 is 2.17 bits per heavy atom. The van der Waals surface area contributed by atoms with Gasteiger partial charge >= 0.3 is 0 Å². The summed E-state index contributed by atoms with van der Waals surface area (Å²) in [5.74, 6) is 1.51. The van der Waals surface area contributed by atoms with Crippen LogP contribution in [0.5, 0.6) is 11.5 Å². The summed E-state index contributed by atoms with van der Waals surface area (Å²) in [5.41, 5.74) is 6.71. The lowest BCUT2D eigenvalue weighted by Crippen LogP contribution is -2.05. The van der Waals surface area contributed by atoms with Crippen molar-refractivity contribution in [3.8, 4) is 11.5 Å². The third kappa shape index (κ3) is 4.35. The number of hydrogen-bond donors (Lipinski definition) is 1. The van der Waals surface area contributed by atoms with Crippen LogP contribution in [0.25, 0.3) is 0 Å². The molecule has 0 bridgehead atoms. The van der Waals surface area contributed by atoms with Gasteiger partial charge in [0.1, 0.15) is 0 Å². The fourth-order valence-electron chi connectivity index (χ4n) is 1.58. The number of halogens is 1.